The molecule has 2 aromatic heterocycles. The molecule has 0 aliphatic carbocycles. The van der Waals surface area contributed by atoms with E-state index in [4.69, 9.17) is 9.47 Å². The molecular weight excluding hydrogens is 246 g/mol. The lowest BCUT2D eigenvalue weighted by atomic mass is 10.3. The van der Waals surface area contributed by atoms with Crippen LogP contribution in [0.15, 0.2) is 25.1 Å². The molecule has 0 spiro atoms. The average molecular weight is 261 g/mol. The molecule has 0 bridgehead atoms. The van der Waals surface area contributed by atoms with Gasteiger partial charge in [-0.3, -0.25) is 0 Å². The van der Waals surface area contributed by atoms with Gasteiger partial charge in [0.15, 0.2) is 5.65 Å². The maximum absolute atomic E-state index is 11.9. The molecule has 2 aromatic rings. The molecule has 6 nitrogen and oxygen atoms in total. The van der Waals surface area contributed by atoms with Gasteiger partial charge in [-0.15, -0.1) is 0 Å². The van der Waals surface area contributed by atoms with E-state index in [-0.39, 0.29) is 13.2 Å². The van der Waals surface area contributed by atoms with Crippen molar-refractivity contribution in [3.63, 3.8) is 0 Å². The summed E-state index contributed by atoms with van der Waals surface area (Å²) in [5.74, 6) is -0.458. The number of ether oxygens (including phenoxy) is 2. The lowest BCUT2D eigenvalue weighted by Crippen LogP contribution is -2.10. The van der Waals surface area contributed by atoms with Crippen LogP contribution in [0.2, 0.25) is 0 Å². The molecule has 6 heteroatoms. The summed E-state index contributed by atoms with van der Waals surface area (Å²) >= 11 is 0. The maximum Gasteiger partial charge on any atom is 0.343 e. The number of rotatable bonds is 5. The van der Waals surface area contributed by atoms with Gasteiger partial charge in [0.2, 0.25) is 0 Å². The van der Waals surface area contributed by atoms with Crippen molar-refractivity contribution < 1.29 is 14.3 Å². The highest BCUT2D eigenvalue weighted by molar-refractivity contribution is 5.95. The van der Waals surface area contributed by atoms with E-state index >= 15 is 0 Å². The Morgan fingerprint density at radius 3 is 3.00 bits per heavy atom. The SMILES string of the molecule is C=COCCOC(=O)c1cnn2c(C)cc(C)nc12. The molecule has 0 saturated heterocycles. The number of esters is 1. The summed E-state index contributed by atoms with van der Waals surface area (Å²) in [7, 11) is 0. The van der Waals surface area contributed by atoms with Crippen LogP contribution in [0.4, 0.5) is 0 Å². The first-order valence-electron chi connectivity index (χ1n) is 5.85. The summed E-state index contributed by atoms with van der Waals surface area (Å²) in [6, 6.07) is 1.90. The fourth-order valence-corrected chi connectivity index (χ4v) is 1.76. The van der Waals surface area contributed by atoms with Crippen LogP contribution >= 0.6 is 0 Å². The van der Waals surface area contributed by atoms with Gasteiger partial charge in [0.25, 0.3) is 0 Å². The summed E-state index contributed by atoms with van der Waals surface area (Å²) in [6.07, 6.45) is 2.77. The zero-order chi connectivity index (χ0) is 13.8. The predicted molar refractivity (Wildman–Crippen MR) is 68.9 cm³/mol. The van der Waals surface area contributed by atoms with Crippen molar-refractivity contribution in [3.8, 4) is 0 Å². The Morgan fingerprint density at radius 2 is 2.26 bits per heavy atom. The Morgan fingerprint density at radius 1 is 1.47 bits per heavy atom. The summed E-state index contributed by atoms with van der Waals surface area (Å²) in [4.78, 5) is 16.2. The van der Waals surface area contributed by atoms with Crippen LogP contribution in [0.25, 0.3) is 5.65 Å². The van der Waals surface area contributed by atoms with Crippen molar-refractivity contribution >= 4 is 11.6 Å². The Bertz CT molecular complexity index is 619. The van der Waals surface area contributed by atoms with Crippen molar-refractivity contribution in [1.29, 1.82) is 0 Å². The van der Waals surface area contributed by atoms with Crippen molar-refractivity contribution in [2.75, 3.05) is 13.2 Å². The number of nitrogens with zero attached hydrogens (tertiary/aromatic N) is 3. The monoisotopic (exact) mass is 261 g/mol. The summed E-state index contributed by atoms with van der Waals surface area (Å²) in [5, 5.41) is 4.13. The quantitative estimate of drug-likeness (QED) is 0.465. The van der Waals surface area contributed by atoms with Gasteiger partial charge in [-0.1, -0.05) is 6.58 Å². The van der Waals surface area contributed by atoms with Crippen molar-refractivity contribution in [2.45, 2.75) is 13.8 Å². The smallest absolute Gasteiger partial charge is 0.343 e. The first-order valence-corrected chi connectivity index (χ1v) is 5.85. The number of aryl methyl sites for hydroxylation is 2. The molecule has 0 radical (unpaired) electrons. The number of hydrogen-bond acceptors (Lipinski definition) is 5. The molecule has 100 valence electrons. The summed E-state index contributed by atoms with van der Waals surface area (Å²) in [5.41, 5.74) is 2.60. The zero-order valence-electron chi connectivity index (χ0n) is 10.9. The second-order valence-electron chi connectivity index (χ2n) is 4.01. The number of aromatic nitrogens is 3. The highest BCUT2D eigenvalue weighted by atomic mass is 16.6. The summed E-state index contributed by atoms with van der Waals surface area (Å²) in [6.45, 7) is 7.61. The molecule has 0 unspecified atom stereocenters. The molecule has 0 aliphatic rings. The Balaban J connectivity index is 2.20. The first kappa shape index (κ1) is 13.1. The molecule has 0 amide bonds. The standard InChI is InChI=1S/C13H15N3O3/c1-4-18-5-6-19-13(17)11-8-14-16-10(3)7-9(2)15-12(11)16/h4,7-8H,1,5-6H2,2-3H3. The Kier molecular flexibility index (Phi) is 3.79. The normalized spacial score (nSPS) is 10.4. The van der Waals surface area contributed by atoms with Crippen LogP contribution in [-0.2, 0) is 9.47 Å². The minimum atomic E-state index is -0.458. The van der Waals surface area contributed by atoms with Gasteiger partial charge in [-0.2, -0.15) is 5.10 Å². The van der Waals surface area contributed by atoms with Gasteiger partial charge in [-0.25, -0.2) is 14.3 Å². The number of carbonyl (C=O) groups excluding carboxylic acids is 1. The molecule has 2 rings (SSSR count). The zero-order valence-corrected chi connectivity index (χ0v) is 10.9. The third kappa shape index (κ3) is 2.73. The molecular formula is C13H15N3O3. The molecule has 0 fully saturated rings. The first-order chi connectivity index (χ1) is 9.13. The maximum atomic E-state index is 11.9. The predicted octanol–water partition coefficient (Wildman–Crippen LogP) is 1.66. The van der Waals surface area contributed by atoms with E-state index in [2.05, 4.69) is 16.7 Å². The average Bonchev–Trinajstić information content (AvgIpc) is 2.78. The van der Waals surface area contributed by atoms with Gasteiger partial charge < -0.3 is 9.47 Å². The van der Waals surface area contributed by atoms with Gasteiger partial charge in [0.05, 0.1) is 12.5 Å². The van der Waals surface area contributed by atoms with Gasteiger partial charge in [0, 0.05) is 11.4 Å². The molecule has 2 heterocycles. The van der Waals surface area contributed by atoms with E-state index in [9.17, 15) is 4.79 Å². The minimum absolute atomic E-state index is 0.160. The van der Waals surface area contributed by atoms with E-state index in [0.717, 1.165) is 11.4 Å². The largest absolute Gasteiger partial charge is 0.498 e. The number of fused-ring (bicyclic) bond motifs is 1. The fourth-order valence-electron chi connectivity index (χ4n) is 1.76. The van der Waals surface area contributed by atoms with E-state index < -0.39 is 5.97 Å². The fraction of sp³-hybridized carbons (Fsp3) is 0.308. The van der Waals surface area contributed by atoms with Crippen LogP contribution < -0.4 is 0 Å². The highest BCUT2D eigenvalue weighted by Gasteiger charge is 2.16. The lowest BCUT2D eigenvalue weighted by molar-refractivity contribution is 0.0423. The molecule has 0 atom stereocenters. The molecule has 0 saturated carbocycles. The molecule has 0 aliphatic heterocycles. The van der Waals surface area contributed by atoms with Crippen LogP contribution in [0.1, 0.15) is 21.7 Å². The number of hydrogen-bond donors (Lipinski definition) is 0. The second kappa shape index (κ2) is 5.51. The van der Waals surface area contributed by atoms with Crippen molar-refractivity contribution in [1.82, 2.24) is 14.6 Å². The van der Waals surface area contributed by atoms with Gasteiger partial charge in [0.1, 0.15) is 18.8 Å². The Labute approximate surface area is 110 Å². The molecule has 19 heavy (non-hydrogen) atoms. The van der Waals surface area contributed by atoms with E-state index in [1.807, 2.05) is 19.9 Å². The van der Waals surface area contributed by atoms with E-state index in [0.29, 0.717) is 11.2 Å². The third-order valence-corrected chi connectivity index (χ3v) is 2.55. The van der Waals surface area contributed by atoms with E-state index in [1.165, 1.54) is 12.5 Å². The summed E-state index contributed by atoms with van der Waals surface area (Å²) < 4.78 is 11.6. The minimum Gasteiger partial charge on any atom is -0.498 e. The lowest BCUT2D eigenvalue weighted by Gasteiger charge is -2.04. The Hall–Kier alpha value is -2.37. The van der Waals surface area contributed by atoms with Crippen LogP contribution in [0.3, 0.4) is 0 Å². The van der Waals surface area contributed by atoms with Crippen LogP contribution in [0.5, 0.6) is 0 Å². The third-order valence-electron chi connectivity index (χ3n) is 2.55. The van der Waals surface area contributed by atoms with Gasteiger partial charge >= 0.3 is 5.97 Å². The van der Waals surface area contributed by atoms with Crippen molar-refractivity contribution in [2.24, 2.45) is 0 Å². The highest BCUT2D eigenvalue weighted by Crippen LogP contribution is 2.12. The molecule has 0 N–H and O–H groups in total. The molecule has 0 aromatic carbocycles. The van der Waals surface area contributed by atoms with Gasteiger partial charge in [-0.05, 0) is 19.9 Å². The van der Waals surface area contributed by atoms with Crippen molar-refractivity contribution in [3.05, 3.63) is 42.1 Å². The topological polar surface area (TPSA) is 65.7 Å². The van der Waals surface area contributed by atoms with Crippen LogP contribution in [-0.4, -0.2) is 33.8 Å². The van der Waals surface area contributed by atoms with E-state index in [1.54, 1.807) is 4.52 Å². The second-order valence-corrected chi connectivity index (χ2v) is 4.01. The van der Waals surface area contributed by atoms with Crippen LogP contribution in [0, 0.1) is 13.8 Å². The number of carbonyl (C=O) groups is 1.